The van der Waals surface area contributed by atoms with Gasteiger partial charge in [-0.1, -0.05) is 32.6 Å². The van der Waals surface area contributed by atoms with E-state index in [-0.39, 0.29) is 6.61 Å². The Morgan fingerprint density at radius 3 is 2.57 bits per heavy atom. The van der Waals surface area contributed by atoms with E-state index in [1.807, 2.05) is 6.92 Å². The summed E-state index contributed by atoms with van der Waals surface area (Å²) in [5, 5.41) is 9.16. The van der Waals surface area contributed by atoms with E-state index in [1.54, 1.807) is 6.07 Å². The van der Waals surface area contributed by atoms with Gasteiger partial charge in [-0.05, 0) is 36.8 Å². The predicted molar refractivity (Wildman–Crippen MR) is 85.9 cm³/mol. The average Bonchev–Trinajstić information content (AvgIpc) is 2.83. The maximum atomic E-state index is 12.2. The lowest BCUT2D eigenvalue weighted by atomic mass is 9.81. The Bertz CT molecular complexity index is 557. The number of rotatable bonds is 6. The molecule has 0 aliphatic heterocycles. The Balaban J connectivity index is 1.86. The van der Waals surface area contributed by atoms with Crippen molar-refractivity contribution in [3.63, 3.8) is 0 Å². The summed E-state index contributed by atoms with van der Waals surface area (Å²) in [5.41, 5.74) is 0.837. The second kappa shape index (κ2) is 7.22. The maximum absolute atomic E-state index is 12.2. The monoisotopic (exact) mass is 331 g/mol. The number of aliphatic hydroxyl groups excluding tert-OH is 1. The minimum Gasteiger partial charge on any atom is -0.391 e. The molecule has 1 aromatic heterocycles. The molecule has 0 atom stereocenters. The normalized spacial score (nSPS) is 23.4. The highest BCUT2D eigenvalue weighted by atomic mass is 32.2. The van der Waals surface area contributed by atoms with E-state index < -0.39 is 10.0 Å². The third-order valence-electron chi connectivity index (χ3n) is 4.39. The number of sulfonamides is 1. The minimum atomic E-state index is -3.43. The summed E-state index contributed by atoms with van der Waals surface area (Å²) in [4.78, 5) is 0.719. The van der Waals surface area contributed by atoms with Crippen molar-refractivity contribution in [3.8, 4) is 0 Å². The van der Waals surface area contributed by atoms with Crippen molar-refractivity contribution in [3.05, 3.63) is 16.5 Å². The van der Waals surface area contributed by atoms with E-state index in [4.69, 9.17) is 5.11 Å². The minimum absolute atomic E-state index is 0.105. The van der Waals surface area contributed by atoms with Gasteiger partial charge in [0.2, 0.25) is 10.0 Å². The molecular weight excluding hydrogens is 306 g/mol. The molecule has 2 rings (SSSR count). The van der Waals surface area contributed by atoms with E-state index in [1.165, 1.54) is 25.7 Å². The van der Waals surface area contributed by atoms with E-state index in [0.717, 1.165) is 34.1 Å². The molecule has 4 nitrogen and oxygen atoms in total. The average molecular weight is 332 g/mol. The SMILES string of the molecule is Cc1cc(S(=O)(=O)NCCC2CCC(C)CC2)sc1CO. The fraction of sp³-hybridized carbons (Fsp3) is 0.733. The zero-order valence-electron chi connectivity index (χ0n) is 12.8. The Labute approximate surface area is 131 Å². The Hall–Kier alpha value is -0.430. The fourth-order valence-electron chi connectivity index (χ4n) is 2.86. The number of aryl methyl sites for hydroxylation is 1. The molecule has 0 spiro atoms. The molecule has 1 aliphatic rings. The van der Waals surface area contributed by atoms with Gasteiger partial charge in [-0.25, -0.2) is 13.1 Å². The lowest BCUT2D eigenvalue weighted by Gasteiger charge is -2.25. The summed E-state index contributed by atoms with van der Waals surface area (Å²) in [7, 11) is -3.43. The summed E-state index contributed by atoms with van der Waals surface area (Å²) < 4.78 is 27.5. The summed E-state index contributed by atoms with van der Waals surface area (Å²) in [5.74, 6) is 1.48. The van der Waals surface area contributed by atoms with Crippen molar-refractivity contribution < 1.29 is 13.5 Å². The summed E-state index contributed by atoms with van der Waals surface area (Å²) in [6.07, 6.45) is 5.89. The number of nitrogens with one attached hydrogen (secondary N) is 1. The Kier molecular flexibility index (Phi) is 5.82. The van der Waals surface area contributed by atoms with Crippen LogP contribution in [-0.4, -0.2) is 20.1 Å². The predicted octanol–water partition coefficient (Wildman–Crippen LogP) is 3.04. The molecular formula is C15H25NO3S2. The Morgan fingerprint density at radius 2 is 2.00 bits per heavy atom. The number of thiophene rings is 1. The molecule has 21 heavy (non-hydrogen) atoms. The van der Waals surface area contributed by atoms with Gasteiger partial charge in [0.1, 0.15) is 4.21 Å². The molecule has 0 bridgehead atoms. The zero-order chi connectivity index (χ0) is 15.5. The molecule has 1 aliphatic carbocycles. The van der Waals surface area contributed by atoms with Crippen LogP contribution in [0.2, 0.25) is 0 Å². The van der Waals surface area contributed by atoms with Crippen molar-refractivity contribution in [1.82, 2.24) is 4.72 Å². The van der Waals surface area contributed by atoms with Crippen molar-refractivity contribution in [1.29, 1.82) is 0 Å². The van der Waals surface area contributed by atoms with Crippen molar-refractivity contribution in [2.75, 3.05) is 6.54 Å². The lowest BCUT2D eigenvalue weighted by Crippen LogP contribution is -2.26. The number of hydrogen-bond acceptors (Lipinski definition) is 4. The molecule has 0 saturated heterocycles. The molecule has 0 amide bonds. The molecule has 1 saturated carbocycles. The van der Waals surface area contributed by atoms with Gasteiger partial charge in [0.15, 0.2) is 0 Å². The van der Waals surface area contributed by atoms with Crippen LogP contribution < -0.4 is 4.72 Å². The van der Waals surface area contributed by atoms with Crippen LogP contribution in [0.1, 0.15) is 49.5 Å². The first kappa shape index (κ1) is 16.9. The third kappa shape index (κ3) is 4.52. The van der Waals surface area contributed by atoms with E-state index in [9.17, 15) is 8.42 Å². The Morgan fingerprint density at radius 1 is 1.33 bits per heavy atom. The first-order chi connectivity index (χ1) is 9.92. The number of hydrogen-bond donors (Lipinski definition) is 2. The summed E-state index contributed by atoms with van der Waals surface area (Å²) >= 11 is 1.15. The van der Waals surface area contributed by atoms with Crippen LogP contribution in [0.5, 0.6) is 0 Å². The highest BCUT2D eigenvalue weighted by Gasteiger charge is 2.21. The smallest absolute Gasteiger partial charge is 0.250 e. The van der Waals surface area contributed by atoms with Crippen molar-refractivity contribution >= 4 is 21.4 Å². The standard InChI is InChI=1S/C15H25NO3S2/c1-11-3-5-13(6-4-11)7-8-16-21(18,19)15-9-12(2)14(10-17)20-15/h9,11,13,16-17H,3-8,10H2,1-2H3. The van der Waals surface area contributed by atoms with Gasteiger partial charge < -0.3 is 5.11 Å². The van der Waals surface area contributed by atoms with Crippen LogP contribution in [-0.2, 0) is 16.6 Å². The molecule has 120 valence electrons. The first-order valence-corrected chi connectivity index (χ1v) is 9.92. The van der Waals surface area contributed by atoms with E-state index in [0.29, 0.717) is 16.7 Å². The summed E-state index contributed by atoms with van der Waals surface area (Å²) in [6, 6.07) is 1.64. The van der Waals surface area contributed by atoms with E-state index in [2.05, 4.69) is 11.6 Å². The van der Waals surface area contributed by atoms with Crippen molar-refractivity contribution in [2.24, 2.45) is 11.8 Å². The third-order valence-corrected chi connectivity index (χ3v) is 7.54. The highest BCUT2D eigenvalue weighted by Crippen LogP contribution is 2.30. The van der Waals surface area contributed by atoms with E-state index >= 15 is 0 Å². The quantitative estimate of drug-likeness (QED) is 0.842. The largest absolute Gasteiger partial charge is 0.391 e. The topological polar surface area (TPSA) is 66.4 Å². The van der Waals surface area contributed by atoms with Crippen LogP contribution >= 0.6 is 11.3 Å². The molecule has 6 heteroatoms. The second-order valence-electron chi connectivity index (χ2n) is 6.14. The molecule has 0 radical (unpaired) electrons. The van der Waals surface area contributed by atoms with Gasteiger partial charge in [-0.3, -0.25) is 0 Å². The fourth-order valence-corrected chi connectivity index (χ4v) is 5.41. The van der Waals surface area contributed by atoms with Gasteiger partial charge >= 0.3 is 0 Å². The van der Waals surface area contributed by atoms with Gasteiger partial charge in [-0.15, -0.1) is 11.3 Å². The van der Waals surface area contributed by atoms with Crippen LogP contribution in [0.4, 0.5) is 0 Å². The van der Waals surface area contributed by atoms with Crippen LogP contribution in [0.15, 0.2) is 10.3 Å². The molecule has 0 aromatic carbocycles. The molecule has 2 N–H and O–H groups in total. The molecule has 1 aromatic rings. The molecule has 1 fully saturated rings. The van der Waals surface area contributed by atoms with Gasteiger partial charge in [0, 0.05) is 11.4 Å². The lowest BCUT2D eigenvalue weighted by molar-refractivity contribution is 0.278. The van der Waals surface area contributed by atoms with Crippen molar-refractivity contribution in [2.45, 2.75) is 56.8 Å². The first-order valence-electron chi connectivity index (χ1n) is 7.62. The number of aliphatic hydroxyl groups is 1. The maximum Gasteiger partial charge on any atom is 0.250 e. The molecule has 0 unspecified atom stereocenters. The highest BCUT2D eigenvalue weighted by molar-refractivity contribution is 7.91. The van der Waals surface area contributed by atoms with Crippen LogP contribution in [0, 0.1) is 18.8 Å². The zero-order valence-corrected chi connectivity index (χ0v) is 14.4. The summed E-state index contributed by atoms with van der Waals surface area (Å²) in [6.45, 7) is 4.51. The molecule has 1 heterocycles. The van der Waals surface area contributed by atoms with Gasteiger partial charge in [0.25, 0.3) is 0 Å². The van der Waals surface area contributed by atoms with Crippen LogP contribution in [0.3, 0.4) is 0 Å². The van der Waals surface area contributed by atoms with Gasteiger partial charge in [-0.2, -0.15) is 0 Å². The van der Waals surface area contributed by atoms with Crippen LogP contribution in [0.25, 0.3) is 0 Å². The van der Waals surface area contributed by atoms with Gasteiger partial charge in [0.05, 0.1) is 6.61 Å². The second-order valence-corrected chi connectivity index (χ2v) is 9.27.